The molecule has 1 aliphatic rings. The predicted molar refractivity (Wildman–Crippen MR) is 79.3 cm³/mol. The van der Waals surface area contributed by atoms with Crippen molar-refractivity contribution in [3.63, 3.8) is 0 Å². The van der Waals surface area contributed by atoms with Crippen LogP contribution in [0, 0.1) is 5.41 Å². The molecule has 1 aromatic heterocycles. The molecule has 2 atom stereocenters. The van der Waals surface area contributed by atoms with Gasteiger partial charge in [-0.3, -0.25) is 9.59 Å². The Kier molecular flexibility index (Phi) is 4.16. The molecule has 1 fully saturated rings. The van der Waals surface area contributed by atoms with Crippen molar-refractivity contribution >= 4 is 17.7 Å². The summed E-state index contributed by atoms with van der Waals surface area (Å²) in [6.45, 7) is 1.77. The lowest BCUT2D eigenvalue weighted by molar-refractivity contribution is -0.147. The molecule has 0 aliphatic heterocycles. The maximum absolute atomic E-state index is 11.8. The number of aliphatic carboxylic acids is 1. The van der Waals surface area contributed by atoms with Gasteiger partial charge in [0, 0.05) is 26.3 Å². The van der Waals surface area contributed by atoms with Crippen molar-refractivity contribution < 1.29 is 14.7 Å². The van der Waals surface area contributed by atoms with E-state index in [0.717, 1.165) is 12.8 Å². The maximum atomic E-state index is 11.8. The Morgan fingerprint density at radius 3 is 2.67 bits per heavy atom. The molecule has 6 nitrogen and oxygen atoms in total. The number of amides is 1. The monoisotopic (exact) mass is 291 g/mol. The summed E-state index contributed by atoms with van der Waals surface area (Å²) in [6, 6.07) is 3.28. The number of hydrogen-bond acceptors (Lipinski definition) is 4. The fraction of sp³-hybridized carbons (Fsp3) is 0.533. The van der Waals surface area contributed by atoms with Crippen molar-refractivity contribution in [2.45, 2.75) is 32.2 Å². The first-order valence-corrected chi connectivity index (χ1v) is 7.02. The number of rotatable bonds is 4. The zero-order chi connectivity index (χ0) is 15.6. The topological polar surface area (TPSA) is 82.5 Å². The first-order chi connectivity index (χ1) is 9.84. The van der Waals surface area contributed by atoms with Gasteiger partial charge in [-0.1, -0.05) is 6.42 Å². The third kappa shape index (κ3) is 2.99. The van der Waals surface area contributed by atoms with Crippen LogP contribution in [0.4, 0.5) is 5.82 Å². The van der Waals surface area contributed by atoms with Crippen LogP contribution < -0.4 is 5.32 Å². The number of nitrogens with one attached hydrogen (secondary N) is 1. The standard InChI is InChI=1S/C15H21N3O3/c1-15(14(20)21)8-4-5-11(15)17-12-7-6-10(9-16-12)13(19)18(2)3/h6-7,9,11H,4-5,8H2,1-3H3,(H,16,17)(H,20,21). The van der Waals surface area contributed by atoms with Crippen molar-refractivity contribution in [1.82, 2.24) is 9.88 Å². The van der Waals surface area contributed by atoms with E-state index in [0.29, 0.717) is 17.8 Å². The van der Waals surface area contributed by atoms with Gasteiger partial charge in [-0.15, -0.1) is 0 Å². The van der Waals surface area contributed by atoms with Gasteiger partial charge in [0.2, 0.25) is 0 Å². The summed E-state index contributed by atoms with van der Waals surface area (Å²) in [5, 5.41) is 12.6. The average molecular weight is 291 g/mol. The Labute approximate surface area is 124 Å². The van der Waals surface area contributed by atoms with Gasteiger partial charge in [0.1, 0.15) is 5.82 Å². The molecule has 1 heterocycles. The fourth-order valence-corrected chi connectivity index (χ4v) is 2.70. The molecule has 21 heavy (non-hydrogen) atoms. The molecule has 1 saturated carbocycles. The van der Waals surface area contributed by atoms with Crippen molar-refractivity contribution in [2.24, 2.45) is 5.41 Å². The third-order valence-corrected chi connectivity index (χ3v) is 4.19. The highest BCUT2D eigenvalue weighted by atomic mass is 16.4. The van der Waals surface area contributed by atoms with Crippen LogP contribution in [0.2, 0.25) is 0 Å². The zero-order valence-electron chi connectivity index (χ0n) is 12.6. The smallest absolute Gasteiger partial charge is 0.311 e. The van der Waals surface area contributed by atoms with E-state index in [-0.39, 0.29) is 11.9 Å². The van der Waals surface area contributed by atoms with Crippen LogP contribution in [0.5, 0.6) is 0 Å². The summed E-state index contributed by atoms with van der Waals surface area (Å²) in [7, 11) is 3.37. The number of anilines is 1. The summed E-state index contributed by atoms with van der Waals surface area (Å²) in [4.78, 5) is 28.9. The molecule has 6 heteroatoms. The average Bonchev–Trinajstić information content (AvgIpc) is 2.81. The number of carbonyl (C=O) groups excluding carboxylic acids is 1. The van der Waals surface area contributed by atoms with E-state index in [9.17, 15) is 14.7 Å². The summed E-state index contributed by atoms with van der Waals surface area (Å²) in [5.41, 5.74) is -0.252. The summed E-state index contributed by atoms with van der Waals surface area (Å²) in [5.74, 6) is -0.285. The van der Waals surface area contributed by atoms with E-state index in [2.05, 4.69) is 10.3 Å². The molecular weight excluding hydrogens is 270 g/mol. The lowest BCUT2D eigenvalue weighted by Gasteiger charge is -2.28. The summed E-state index contributed by atoms with van der Waals surface area (Å²) < 4.78 is 0. The van der Waals surface area contributed by atoms with Crippen LogP contribution >= 0.6 is 0 Å². The van der Waals surface area contributed by atoms with Crippen molar-refractivity contribution in [2.75, 3.05) is 19.4 Å². The van der Waals surface area contributed by atoms with Gasteiger partial charge in [-0.25, -0.2) is 4.98 Å². The highest BCUT2D eigenvalue weighted by Gasteiger charge is 2.45. The second-order valence-corrected chi connectivity index (χ2v) is 5.94. The molecule has 0 aromatic carbocycles. The Balaban J connectivity index is 2.10. The zero-order valence-corrected chi connectivity index (χ0v) is 12.6. The van der Waals surface area contributed by atoms with Gasteiger partial charge in [-0.05, 0) is 31.9 Å². The van der Waals surface area contributed by atoms with Crippen LogP contribution in [0.25, 0.3) is 0 Å². The van der Waals surface area contributed by atoms with Crippen LogP contribution in [-0.4, -0.2) is 47.0 Å². The molecule has 114 valence electrons. The molecule has 1 amide bonds. The third-order valence-electron chi connectivity index (χ3n) is 4.19. The summed E-state index contributed by atoms with van der Waals surface area (Å²) in [6.07, 6.45) is 3.87. The highest BCUT2D eigenvalue weighted by molar-refractivity contribution is 5.93. The van der Waals surface area contributed by atoms with Gasteiger partial charge in [0.15, 0.2) is 0 Å². The predicted octanol–water partition coefficient (Wildman–Crippen LogP) is 1.84. The molecule has 0 bridgehead atoms. The van der Waals surface area contributed by atoms with Gasteiger partial charge >= 0.3 is 5.97 Å². The van der Waals surface area contributed by atoms with Crippen molar-refractivity contribution in [1.29, 1.82) is 0 Å². The minimum Gasteiger partial charge on any atom is -0.481 e. The number of carboxylic acids is 1. The first-order valence-electron chi connectivity index (χ1n) is 7.02. The van der Waals surface area contributed by atoms with Gasteiger partial charge in [-0.2, -0.15) is 0 Å². The Morgan fingerprint density at radius 1 is 1.43 bits per heavy atom. The minimum atomic E-state index is -0.781. The van der Waals surface area contributed by atoms with Crippen LogP contribution in [0.15, 0.2) is 18.3 Å². The number of hydrogen-bond donors (Lipinski definition) is 2. The SMILES string of the molecule is CN(C)C(=O)c1ccc(NC2CCCC2(C)C(=O)O)nc1. The normalized spacial score (nSPS) is 24.6. The largest absolute Gasteiger partial charge is 0.481 e. The van der Waals surface area contributed by atoms with Crippen LogP contribution in [-0.2, 0) is 4.79 Å². The molecule has 2 N–H and O–H groups in total. The molecule has 2 rings (SSSR count). The lowest BCUT2D eigenvalue weighted by Crippen LogP contribution is -2.40. The molecule has 0 spiro atoms. The Hall–Kier alpha value is -2.11. The molecule has 0 radical (unpaired) electrons. The number of carboxylic acid groups (broad SMARTS) is 1. The first kappa shape index (κ1) is 15.3. The van der Waals surface area contributed by atoms with E-state index in [1.165, 1.54) is 11.1 Å². The van der Waals surface area contributed by atoms with Crippen LogP contribution in [0.3, 0.4) is 0 Å². The lowest BCUT2D eigenvalue weighted by atomic mass is 9.85. The maximum Gasteiger partial charge on any atom is 0.311 e. The molecular formula is C15H21N3O3. The van der Waals surface area contributed by atoms with Gasteiger partial charge in [0.25, 0.3) is 5.91 Å². The Morgan fingerprint density at radius 2 is 2.14 bits per heavy atom. The molecule has 1 aromatic rings. The fourth-order valence-electron chi connectivity index (χ4n) is 2.70. The second-order valence-electron chi connectivity index (χ2n) is 5.94. The number of aromatic nitrogens is 1. The number of nitrogens with zero attached hydrogens (tertiary/aromatic N) is 2. The van der Waals surface area contributed by atoms with E-state index < -0.39 is 11.4 Å². The molecule has 1 aliphatic carbocycles. The quantitative estimate of drug-likeness (QED) is 0.884. The van der Waals surface area contributed by atoms with Gasteiger partial charge < -0.3 is 15.3 Å². The number of carbonyl (C=O) groups is 2. The second kappa shape index (κ2) is 5.71. The molecule has 2 unspecified atom stereocenters. The number of pyridine rings is 1. The van der Waals surface area contributed by atoms with E-state index in [1.54, 1.807) is 33.2 Å². The van der Waals surface area contributed by atoms with E-state index in [4.69, 9.17) is 0 Å². The molecule has 0 saturated heterocycles. The van der Waals surface area contributed by atoms with E-state index in [1.807, 2.05) is 0 Å². The van der Waals surface area contributed by atoms with Gasteiger partial charge in [0.05, 0.1) is 11.0 Å². The summed E-state index contributed by atoms with van der Waals surface area (Å²) >= 11 is 0. The van der Waals surface area contributed by atoms with E-state index >= 15 is 0 Å². The minimum absolute atomic E-state index is 0.106. The Bertz CT molecular complexity index is 542. The highest BCUT2D eigenvalue weighted by Crippen LogP contribution is 2.39. The van der Waals surface area contributed by atoms with Crippen molar-refractivity contribution in [3.8, 4) is 0 Å². The van der Waals surface area contributed by atoms with Crippen molar-refractivity contribution in [3.05, 3.63) is 23.9 Å². The van der Waals surface area contributed by atoms with Crippen LogP contribution in [0.1, 0.15) is 36.5 Å².